The lowest BCUT2D eigenvalue weighted by Gasteiger charge is -2.11. The number of halogens is 1. The molecule has 0 unspecified atom stereocenters. The van der Waals surface area contributed by atoms with Crippen molar-refractivity contribution in [3.8, 4) is 23.3 Å². The van der Waals surface area contributed by atoms with Gasteiger partial charge in [-0.25, -0.2) is 0 Å². The Balaban J connectivity index is 2.59. The van der Waals surface area contributed by atoms with E-state index in [2.05, 4.69) is 25.7 Å². The van der Waals surface area contributed by atoms with E-state index in [1.165, 1.54) is 0 Å². The molecule has 0 aliphatic heterocycles. The summed E-state index contributed by atoms with van der Waals surface area (Å²) in [6.07, 6.45) is 0. The van der Waals surface area contributed by atoms with Gasteiger partial charge in [0, 0.05) is 6.61 Å². The standard InChI is InChI=1S/C16H21ClO3/c1-13(2)12-19-9-10-20-16-7-6-15(18-3)11-14(16)5-4-8-17/h6-7,11,13H,8-10,12H2,1-3H3. The van der Waals surface area contributed by atoms with Gasteiger partial charge in [-0.3, -0.25) is 0 Å². The number of methoxy groups -OCH3 is 1. The van der Waals surface area contributed by atoms with Crippen molar-refractivity contribution in [3.63, 3.8) is 0 Å². The summed E-state index contributed by atoms with van der Waals surface area (Å²) in [7, 11) is 1.62. The van der Waals surface area contributed by atoms with Gasteiger partial charge >= 0.3 is 0 Å². The summed E-state index contributed by atoms with van der Waals surface area (Å²) < 4.78 is 16.3. The average Bonchev–Trinajstić information content (AvgIpc) is 2.45. The maximum Gasteiger partial charge on any atom is 0.135 e. The lowest BCUT2D eigenvalue weighted by atomic mass is 10.2. The van der Waals surface area contributed by atoms with E-state index in [1.54, 1.807) is 7.11 Å². The zero-order chi connectivity index (χ0) is 14.8. The molecule has 0 amide bonds. The first-order valence-electron chi connectivity index (χ1n) is 6.60. The molecule has 3 nitrogen and oxygen atoms in total. The van der Waals surface area contributed by atoms with Crippen molar-refractivity contribution in [2.24, 2.45) is 5.92 Å². The minimum Gasteiger partial charge on any atom is -0.497 e. The van der Waals surface area contributed by atoms with Gasteiger partial charge in [-0.05, 0) is 24.1 Å². The van der Waals surface area contributed by atoms with Crippen LogP contribution in [0.1, 0.15) is 19.4 Å². The minimum absolute atomic E-state index is 0.286. The molecule has 1 rings (SSSR count). The summed E-state index contributed by atoms with van der Waals surface area (Å²) in [6.45, 7) is 6.03. The fourth-order valence-corrected chi connectivity index (χ4v) is 1.58. The van der Waals surface area contributed by atoms with Gasteiger partial charge < -0.3 is 14.2 Å². The third-order valence-electron chi connectivity index (χ3n) is 2.41. The lowest BCUT2D eigenvalue weighted by Crippen LogP contribution is -2.10. The summed E-state index contributed by atoms with van der Waals surface area (Å²) in [5, 5.41) is 0. The van der Waals surface area contributed by atoms with E-state index in [0.717, 1.165) is 23.7 Å². The van der Waals surface area contributed by atoms with Gasteiger partial charge in [0.1, 0.15) is 18.1 Å². The molecule has 0 saturated carbocycles. The number of rotatable bonds is 7. The van der Waals surface area contributed by atoms with Crippen molar-refractivity contribution in [2.75, 3.05) is 32.8 Å². The molecule has 1 aromatic rings. The topological polar surface area (TPSA) is 27.7 Å². The number of alkyl halides is 1. The van der Waals surface area contributed by atoms with Crippen LogP contribution in [0, 0.1) is 17.8 Å². The van der Waals surface area contributed by atoms with Crippen LogP contribution in [-0.4, -0.2) is 32.8 Å². The fourth-order valence-electron chi connectivity index (χ4n) is 1.52. The molecule has 0 heterocycles. The highest BCUT2D eigenvalue weighted by molar-refractivity contribution is 6.19. The molecule has 0 N–H and O–H groups in total. The Kier molecular flexibility index (Phi) is 7.94. The third-order valence-corrected chi connectivity index (χ3v) is 2.55. The first-order chi connectivity index (χ1) is 9.67. The second-order valence-corrected chi connectivity index (χ2v) is 4.88. The second kappa shape index (κ2) is 9.52. The first kappa shape index (κ1) is 16.7. The Bertz CT molecular complexity index is 461. The van der Waals surface area contributed by atoms with Crippen LogP contribution in [0.15, 0.2) is 18.2 Å². The van der Waals surface area contributed by atoms with Crippen molar-refractivity contribution >= 4 is 11.6 Å². The van der Waals surface area contributed by atoms with Gasteiger partial charge in [0.05, 0.1) is 25.2 Å². The van der Waals surface area contributed by atoms with Crippen molar-refractivity contribution < 1.29 is 14.2 Å². The molecule has 0 bridgehead atoms. The zero-order valence-corrected chi connectivity index (χ0v) is 13.0. The highest BCUT2D eigenvalue weighted by Crippen LogP contribution is 2.23. The van der Waals surface area contributed by atoms with E-state index in [-0.39, 0.29) is 5.88 Å². The monoisotopic (exact) mass is 296 g/mol. The Hall–Kier alpha value is -1.37. The minimum atomic E-state index is 0.286. The number of ether oxygens (including phenoxy) is 3. The smallest absolute Gasteiger partial charge is 0.135 e. The van der Waals surface area contributed by atoms with Gasteiger partial charge in [0.25, 0.3) is 0 Å². The maximum atomic E-state index is 5.69. The van der Waals surface area contributed by atoms with Gasteiger partial charge in [-0.2, -0.15) is 0 Å². The molecule has 110 valence electrons. The molecule has 4 heteroatoms. The van der Waals surface area contributed by atoms with Crippen LogP contribution in [0.4, 0.5) is 0 Å². The van der Waals surface area contributed by atoms with Crippen molar-refractivity contribution in [1.82, 2.24) is 0 Å². The van der Waals surface area contributed by atoms with E-state index in [9.17, 15) is 0 Å². The molecule has 0 aromatic heterocycles. The Labute approximate surface area is 126 Å². The molecule has 0 fully saturated rings. The molecule has 0 atom stereocenters. The van der Waals surface area contributed by atoms with E-state index in [0.29, 0.717) is 19.1 Å². The molecule has 0 radical (unpaired) electrons. The Morgan fingerprint density at radius 1 is 1.25 bits per heavy atom. The number of hydrogen-bond acceptors (Lipinski definition) is 3. The molecule has 20 heavy (non-hydrogen) atoms. The van der Waals surface area contributed by atoms with Crippen molar-refractivity contribution in [3.05, 3.63) is 23.8 Å². The van der Waals surface area contributed by atoms with Crippen LogP contribution >= 0.6 is 11.6 Å². The van der Waals surface area contributed by atoms with E-state index >= 15 is 0 Å². The third kappa shape index (κ3) is 6.18. The van der Waals surface area contributed by atoms with Crippen molar-refractivity contribution in [1.29, 1.82) is 0 Å². The SMILES string of the molecule is COc1ccc(OCCOCC(C)C)c(C#CCCl)c1. The predicted octanol–water partition coefficient (Wildman–Crippen LogP) is 3.34. The van der Waals surface area contributed by atoms with Gasteiger partial charge in [0.2, 0.25) is 0 Å². The van der Waals surface area contributed by atoms with Crippen LogP contribution in [0.5, 0.6) is 11.5 Å². The van der Waals surface area contributed by atoms with E-state index in [1.807, 2.05) is 18.2 Å². The average molecular weight is 297 g/mol. The Morgan fingerprint density at radius 2 is 2.05 bits per heavy atom. The molecule has 0 aliphatic carbocycles. The van der Waals surface area contributed by atoms with Crippen LogP contribution in [0.2, 0.25) is 0 Å². The van der Waals surface area contributed by atoms with Crippen LogP contribution in [0.3, 0.4) is 0 Å². The second-order valence-electron chi connectivity index (χ2n) is 4.61. The van der Waals surface area contributed by atoms with E-state index in [4.69, 9.17) is 25.8 Å². The maximum absolute atomic E-state index is 5.69. The van der Waals surface area contributed by atoms with Crippen LogP contribution < -0.4 is 9.47 Å². The highest BCUT2D eigenvalue weighted by atomic mass is 35.5. The van der Waals surface area contributed by atoms with Gasteiger partial charge in [-0.15, -0.1) is 11.6 Å². The van der Waals surface area contributed by atoms with E-state index < -0.39 is 0 Å². The molecular formula is C16H21ClO3. The number of hydrogen-bond donors (Lipinski definition) is 0. The van der Waals surface area contributed by atoms with Crippen molar-refractivity contribution in [2.45, 2.75) is 13.8 Å². The molecule has 0 spiro atoms. The Morgan fingerprint density at radius 3 is 2.70 bits per heavy atom. The van der Waals surface area contributed by atoms with Crippen LogP contribution in [0.25, 0.3) is 0 Å². The largest absolute Gasteiger partial charge is 0.497 e. The predicted molar refractivity (Wildman–Crippen MR) is 81.7 cm³/mol. The summed E-state index contributed by atoms with van der Waals surface area (Å²) in [5.41, 5.74) is 0.772. The van der Waals surface area contributed by atoms with Gasteiger partial charge in [0.15, 0.2) is 0 Å². The summed E-state index contributed by atoms with van der Waals surface area (Å²) in [6, 6.07) is 5.53. The summed E-state index contributed by atoms with van der Waals surface area (Å²) in [4.78, 5) is 0. The quantitative estimate of drug-likeness (QED) is 0.439. The lowest BCUT2D eigenvalue weighted by molar-refractivity contribution is 0.0818. The first-order valence-corrected chi connectivity index (χ1v) is 7.14. The normalized spacial score (nSPS) is 10.1. The molecular weight excluding hydrogens is 276 g/mol. The highest BCUT2D eigenvalue weighted by Gasteiger charge is 2.04. The summed E-state index contributed by atoms with van der Waals surface area (Å²) in [5.74, 6) is 8.07. The molecule has 1 aromatic carbocycles. The van der Waals surface area contributed by atoms with Crippen LogP contribution in [-0.2, 0) is 4.74 Å². The molecule has 0 saturated heterocycles. The molecule has 0 aliphatic rings. The fraction of sp³-hybridized carbons (Fsp3) is 0.500. The number of benzene rings is 1. The zero-order valence-electron chi connectivity index (χ0n) is 12.2. The summed E-state index contributed by atoms with van der Waals surface area (Å²) >= 11 is 5.59. The van der Waals surface area contributed by atoms with Gasteiger partial charge in [-0.1, -0.05) is 25.7 Å².